The summed E-state index contributed by atoms with van der Waals surface area (Å²) in [6.45, 7) is 5.18. The van der Waals surface area contributed by atoms with Crippen LogP contribution in [0.5, 0.6) is 5.75 Å². The van der Waals surface area contributed by atoms with Gasteiger partial charge in [0.15, 0.2) is 5.82 Å². The van der Waals surface area contributed by atoms with Gasteiger partial charge >= 0.3 is 0 Å². The normalized spacial score (nSPS) is 11.3. The lowest BCUT2D eigenvalue weighted by Gasteiger charge is -2.16. The Morgan fingerprint density at radius 2 is 1.88 bits per heavy atom. The second-order valence-electron chi connectivity index (χ2n) is 7.41. The number of benzene rings is 2. The average molecular weight is 486 g/mol. The maximum Gasteiger partial charge on any atom is 0.248 e. The van der Waals surface area contributed by atoms with Crippen LogP contribution < -0.4 is 26.0 Å². The molecule has 0 aliphatic heterocycles. The summed E-state index contributed by atoms with van der Waals surface area (Å²) in [5.74, 6) is 0.901. The van der Waals surface area contributed by atoms with Crippen molar-refractivity contribution >= 4 is 58.8 Å². The number of carbonyl (C=O) groups is 1. The van der Waals surface area contributed by atoms with Crippen LogP contribution in [-0.2, 0) is 9.36 Å². The first kappa shape index (κ1) is 24.3. The molecule has 0 aliphatic rings. The topological polar surface area (TPSA) is 105 Å². The minimum Gasteiger partial charge on any atom is -0.495 e. The molecule has 2 aromatic carbocycles. The number of para-hydroxylation sites is 1. The van der Waals surface area contributed by atoms with Crippen LogP contribution >= 0.6 is 18.7 Å². The minimum absolute atomic E-state index is 0.245. The van der Waals surface area contributed by atoms with Gasteiger partial charge in [0.05, 0.1) is 24.7 Å². The van der Waals surface area contributed by atoms with Gasteiger partial charge in [-0.1, -0.05) is 29.8 Å². The fraction of sp³-hybridized carbons (Fsp3) is 0.174. The van der Waals surface area contributed by atoms with Gasteiger partial charge in [-0.3, -0.25) is 4.79 Å². The minimum atomic E-state index is -2.53. The smallest absolute Gasteiger partial charge is 0.248 e. The molecule has 0 atom stereocenters. The highest BCUT2D eigenvalue weighted by Crippen LogP contribution is 2.39. The Labute approximate surface area is 197 Å². The van der Waals surface area contributed by atoms with Crippen molar-refractivity contribution in [3.63, 3.8) is 0 Å². The quantitative estimate of drug-likeness (QED) is 0.290. The number of anilines is 5. The summed E-state index contributed by atoms with van der Waals surface area (Å²) in [7, 11) is -0.987. The van der Waals surface area contributed by atoms with Gasteiger partial charge in [-0.05, 0) is 56.7 Å². The SMILES string of the molecule is CC=CC(=O)Nc1ccc(OC)c(Nc2ncc(Cl)c(Nc3ccccc3P(C)(C)=O)n2)c1. The predicted octanol–water partition coefficient (Wildman–Crippen LogP) is 5.39. The summed E-state index contributed by atoms with van der Waals surface area (Å²) >= 11 is 6.32. The maximum atomic E-state index is 12.7. The van der Waals surface area contributed by atoms with E-state index < -0.39 is 7.14 Å². The van der Waals surface area contributed by atoms with E-state index in [1.54, 1.807) is 51.6 Å². The third-order valence-electron chi connectivity index (χ3n) is 4.51. The zero-order valence-corrected chi connectivity index (χ0v) is 20.4. The van der Waals surface area contributed by atoms with Crippen LogP contribution in [0.4, 0.5) is 28.8 Å². The van der Waals surface area contributed by atoms with Crippen molar-refractivity contribution in [3.05, 3.63) is 65.8 Å². The van der Waals surface area contributed by atoms with Gasteiger partial charge in [0.25, 0.3) is 0 Å². The summed E-state index contributed by atoms with van der Waals surface area (Å²) in [6.07, 6.45) is 4.55. The molecule has 0 fully saturated rings. The number of hydrogen-bond acceptors (Lipinski definition) is 7. The Bertz CT molecular complexity index is 1240. The number of halogens is 1. The van der Waals surface area contributed by atoms with Crippen molar-refractivity contribution in [2.24, 2.45) is 0 Å². The zero-order valence-electron chi connectivity index (χ0n) is 18.7. The number of nitrogens with one attached hydrogen (secondary N) is 3. The van der Waals surface area contributed by atoms with Gasteiger partial charge in [0.1, 0.15) is 17.9 Å². The number of rotatable bonds is 8. The highest BCUT2D eigenvalue weighted by molar-refractivity contribution is 7.70. The third kappa shape index (κ3) is 6.34. The van der Waals surface area contributed by atoms with Crippen LogP contribution in [0.1, 0.15) is 6.92 Å². The van der Waals surface area contributed by atoms with Gasteiger partial charge in [0.2, 0.25) is 11.9 Å². The Kier molecular flexibility index (Phi) is 7.74. The summed E-state index contributed by atoms with van der Waals surface area (Å²) < 4.78 is 18.1. The third-order valence-corrected chi connectivity index (χ3v) is 6.34. The van der Waals surface area contributed by atoms with E-state index in [1.807, 2.05) is 24.3 Å². The molecule has 1 heterocycles. The van der Waals surface area contributed by atoms with Crippen molar-refractivity contribution in [1.29, 1.82) is 0 Å². The lowest BCUT2D eigenvalue weighted by atomic mass is 10.2. The van der Waals surface area contributed by atoms with Crippen molar-refractivity contribution in [3.8, 4) is 5.75 Å². The number of nitrogens with zero attached hydrogens (tertiary/aromatic N) is 2. The molecule has 172 valence electrons. The van der Waals surface area contributed by atoms with E-state index in [2.05, 4.69) is 25.9 Å². The fourth-order valence-corrected chi connectivity index (χ4v) is 4.32. The van der Waals surface area contributed by atoms with Gasteiger partial charge in [-0.2, -0.15) is 4.98 Å². The standard InChI is InChI=1S/C23H25ClN5O3P/c1-5-8-21(30)26-15-11-12-19(32-2)18(13-15)28-23-25-14-16(24)22(29-23)27-17-9-6-7-10-20(17)33(3,4)31/h5-14H,1-4H3,(H,26,30)(H2,25,27,28,29). The molecule has 10 heteroatoms. The molecule has 0 bridgehead atoms. The van der Waals surface area contributed by atoms with Crippen LogP contribution in [0, 0.1) is 0 Å². The second kappa shape index (κ2) is 10.5. The van der Waals surface area contributed by atoms with E-state index >= 15 is 0 Å². The van der Waals surface area contributed by atoms with Crippen LogP contribution in [-0.4, -0.2) is 36.3 Å². The van der Waals surface area contributed by atoms with Crippen LogP contribution in [0.2, 0.25) is 5.02 Å². The zero-order chi connectivity index (χ0) is 24.0. The molecule has 0 radical (unpaired) electrons. The van der Waals surface area contributed by atoms with E-state index in [4.69, 9.17) is 16.3 Å². The number of carbonyl (C=O) groups excluding carboxylic acids is 1. The lowest BCUT2D eigenvalue weighted by Crippen LogP contribution is -2.11. The van der Waals surface area contributed by atoms with Crippen LogP contribution in [0.25, 0.3) is 0 Å². The fourth-order valence-electron chi connectivity index (χ4n) is 3.03. The van der Waals surface area contributed by atoms with Crippen molar-refractivity contribution in [2.75, 3.05) is 36.4 Å². The summed E-state index contributed by atoms with van der Waals surface area (Å²) in [5, 5.41) is 10.0. The van der Waals surface area contributed by atoms with Crippen molar-refractivity contribution in [2.45, 2.75) is 6.92 Å². The van der Waals surface area contributed by atoms with Gasteiger partial charge in [0, 0.05) is 11.0 Å². The van der Waals surface area contributed by atoms with Crippen LogP contribution in [0.3, 0.4) is 0 Å². The first-order valence-corrected chi connectivity index (χ1v) is 13.0. The first-order valence-electron chi connectivity index (χ1n) is 10.0. The monoisotopic (exact) mass is 485 g/mol. The van der Waals surface area contributed by atoms with Crippen LogP contribution in [0.15, 0.2) is 60.8 Å². The summed E-state index contributed by atoms with van der Waals surface area (Å²) in [5.41, 5.74) is 1.78. The Hall–Kier alpha value is -3.35. The Balaban J connectivity index is 1.90. The second-order valence-corrected chi connectivity index (χ2v) is 11.0. The highest BCUT2D eigenvalue weighted by atomic mass is 35.5. The molecule has 3 N–H and O–H groups in total. The molecular formula is C23H25ClN5O3P. The molecule has 3 aromatic rings. The maximum absolute atomic E-state index is 12.7. The Morgan fingerprint density at radius 3 is 2.58 bits per heavy atom. The summed E-state index contributed by atoms with van der Waals surface area (Å²) in [4.78, 5) is 20.6. The van der Waals surface area contributed by atoms with Crippen molar-refractivity contribution < 1.29 is 14.1 Å². The van der Waals surface area contributed by atoms with Crippen molar-refractivity contribution in [1.82, 2.24) is 9.97 Å². The number of methoxy groups -OCH3 is 1. The van der Waals surface area contributed by atoms with E-state index in [0.29, 0.717) is 39.0 Å². The molecule has 3 rings (SSSR count). The van der Waals surface area contributed by atoms with E-state index in [0.717, 1.165) is 0 Å². The molecule has 33 heavy (non-hydrogen) atoms. The number of allylic oxidation sites excluding steroid dienone is 1. The van der Waals surface area contributed by atoms with Gasteiger partial charge in [-0.15, -0.1) is 0 Å². The molecule has 8 nitrogen and oxygen atoms in total. The summed E-state index contributed by atoms with van der Waals surface area (Å²) in [6, 6.07) is 12.5. The number of amides is 1. The molecule has 0 aliphatic carbocycles. The molecular weight excluding hydrogens is 461 g/mol. The first-order chi connectivity index (χ1) is 15.7. The molecule has 0 saturated carbocycles. The molecule has 0 spiro atoms. The number of aromatic nitrogens is 2. The van der Waals surface area contributed by atoms with Gasteiger partial charge < -0.3 is 25.3 Å². The largest absolute Gasteiger partial charge is 0.495 e. The molecule has 1 aromatic heterocycles. The molecule has 1 amide bonds. The molecule has 0 unspecified atom stereocenters. The lowest BCUT2D eigenvalue weighted by molar-refractivity contribution is -0.111. The predicted molar refractivity (Wildman–Crippen MR) is 136 cm³/mol. The Morgan fingerprint density at radius 1 is 1.12 bits per heavy atom. The highest BCUT2D eigenvalue weighted by Gasteiger charge is 2.17. The van der Waals surface area contributed by atoms with E-state index in [1.165, 1.54) is 12.3 Å². The number of ether oxygens (including phenoxy) is 1. The number of hydrogen-bond donors (Lipinski definition) is 3. The van der Waals surface area contributed by atoms with Gasteiger partial charge in [-0.25, -0.2) is 4.98 Å². The van der Waals surface area contributed by atoms with E-state index in [9.17, 15) is 9.36 Å². The van der Waals surface area contributed by atoms with E-state index in [-0.39, 0.29) is 11.9 Å². The molecule has 0 saturated heterocycles. The average Bonchev–Trinajstić information content (AvgIpc) is 2.76.